The molecule has 1 unspecified atom stereocenters. The Hall–Kier alpha value is -4.57. The number of cyclic esters (lactones) is 1. The molecule has 0 aliphatic carbocycles. The van der Waals surface area contributed by atoms with E-state index in [0.717, 1.165) is 11.3 Å². The minimum absolute atomic E-state index is 0.0249. The highest BCUT2D eigenvalue weighted by atomic mass is 35.5. The van der Waals surface area contributed by atoms with Crippen LogP contribution in [0.1, 0.15) is 74.7 Å². The van der Waals surface area contributed by atoms with Gasteiger partial charge < -0.3 is 24.8 Å². The normalized spacial score (nSPS) is 17.6. The zero-order valence-corrected chi connectivity index (χ0v) is 32.0. The molecule has 51 heavy (non-hydrogen) atoms. The zero-order chi connectivity index (χ0) is 38.1. The van der Waals surface area contributed by atoms with E-state index in [1.807, 2.05) is 91.0 Å². The van der Waals surface area contributed by atoms with Crippen molar-refractivity contribution in [1.82, 2.24) is 10.6 Å². The zero-order valence-electron chi connectivity index (χ0n) is 31.3. The number of rotatable bonds is 16. The van der Waals surface area contributed by atoms with Crippen LogP contribution in [-0.4, -0.2) is 55.3 Å². The number of hydrogen-bond acceptors (Lipinski definition) is 7. The Bertz CT molecular complexity index is 1520. The lowest BCUT2D eigenvalue weighted by Crippen LogP contribution is -2.52. The third-order valence-electron chi connectivity index (χ3n) is 7.88. The molecule has 0 aromatic heterocycles. The SMILES string of the molecule is COC1=CC[C@@H]([C@@H](C)/C=C(C)/C=C\C=C/C(=O)N[C@H](C(=O)N/C=C\CC(C/C=C(\C)Cl)OC(=O)N(c2ccccc2)C(C)C)C(C)(C)C)OC1=O. The molecule has 0 saturated carbocycles. The van der Waals surface area contributed by atoms with Crippen molar-refractivity contribution in [2.45, 2.75) is 98.9 Å². The van der Waals surface area contributed by atoms with E-state index in [4.69, 9.17) is 25.8 Å². The van der Waals surface area contributed by atoms with Crippen LogP contribution in [0.4, 0.5) is 10.5 Å². The number of amides is 3. The number of allylic oxidation sites excluding steroid dienone is 5. The summed E-state index contributed by atoms with van der Waals surface area (Å²) in [6.45, 7) is 15.0. The van der Waals surface area contributed by atoms with Crippen molar-refractivity contribution in [3.63, 3.8) is 0 Å². The summed E-state index contributed by atoms with van der Waals surface area (Å²) in [4.78, 5) is 52.8. The molecule has 1 aromatic rings. The molecule has 11 heteroatoms. The van der Waals surface area contributed by atoms with Crippen LogP contribution in [0.25, 0.3) is 0 Å². The summed E-state index contributed by atoms with van der Waals surface area (Å²) in [5, 5.41) is 6.13. The number of ether oxygens (including phenoxy) is 3. The molecule has 10 nitrogen and oxygen atoms in total. The minimum atomic E-state index is -0.836. The molecule has 0 fully saturated rings. The molecule has 3 amide bonds. The van der Waals surface area contributed by atoms with E-state index >= 15 is 0 Å². The topological polar surface area (TPSA) is 123 Å². The molecule has 0 spiro atoms. The van der Waals surface area contributed by atoms with Gasteiger partial charge in [0.15, 0.2) is 5.76 Å². The van der Waals surface area contributed by atoms with E-state index in [0.29, 0.717) is 24.3 Å². The lowest BCUT2D eigenvalue weighted by molar-refractivity contribution is -0.151. The van der Waals surface area contributed by atoms with Gasteiger partial charge in [0.25, 0.3) is 0 Å². The van der Waals surface area contributed by atoms with Crippen LogP contribution in [0.15, 0.2) is 102 Å². The van der Waals surface area contributed by atoms with Crippen molar-refractivity contribution in [3.8, 4) is 0 Å². The summed E-state index contributed by atoms with van der Waals surface area (Å²) in [7, 11) is 1.44. The average molecular weight is 724 g/mol. The Balaban J connectivity index is 1.99. The maximum Gasteiger partial charge on any atom is 0.414 e. The monoisotopic (exact) mass is 723 g/mol. The summed E-state index contributed by atoms with van der Waals surface area (Å²) in [5.74, 6) is -1.09. The summed E-state index contributed by atoms with van der Waals surface area (Å²) in [5.41, 5.74) is 1.07. The Morgan fingerprint density at radius 3 is 2.31 bits per heavy atom. The first-order valence-corrected chi connectivity index (χ1v) is 17.5. The molecule has 278 valence electrons. The smallest absolute Gasteiger partial charge is 0.414 e. The second kappa shape index (κ2) is 20.9. The first-order chi connectivity index (χ1) is 24.0. The summed E-state index contributed by atoms with van der Waals surface area (Å²) >= 11 is 6.07. The number of benzene rings is 1. The quantitative estimate of drug-likeness (QED) is 0.101. The number of esters is 1. The molecule has 0 saturated heterocycles. The van der Waals surface area contributed by atoms with Gasteiger partial charge >= 0.3 is 12.1 Å². The molecule has 0 radical (unpaired) electrons. The Morgan fingerprint density at radius 2 is 1.73 bits per heavy atom. The molecule has 1 aliphatic heterocycles. The molecule has 1 aliphatic rings. The molecule has 2 rings (SSSR count). The van der Waals surface area contributed by atoms with Gasteiger partial charge in [-0.15, -0.1) is 0 Å². The Kier molecular flexibility index (Phi) is 17.5. The summed E-state index contributed by atoms with van der Waals surface area (Å²) < 4.78 is 16.3. The van der Waals surface area contributed by atoms with Crippen LogP contribution in [0.5, 0.6) is 0 Å². The lowest BCUT2D eigenvalue weighted by atomic mass is 9.86. The number of hydrogen-bond donors (Lipinski definition) is 2. The predicted molar refractivity (Wildman–Crippen MR) is 203 cm³/mol. The fraction of sp³-hybridized carbons (Fsp3) is 0.450. The van der Waals surface area contributed by atoms with E-state index in [1.54, 1.807) is 42.2 Å². The highest BCUT2D eigenvalue weighted by Crippen LogP contribution is 2.24. The van der Waals surface area contributed by atoms with Gasteiger partial charge in [0, 0.05) is 48.0 Å². The number of nitrogens with one attached hydrogen (secondary N) is 2. The van der Waals surface area contributed by atoms with Gasteiger partial charge in [-0.2, -0.15) is 0 Å². The van der Waals surface area contributed by atoms with Gasteiger partial charge in [-0.25, -0.2) is 9.59 Å². The largest absolute Gasteiger partial charge is 0.490 e. The van der Waals surface area contributed by atoms with E-state index in [-0.39, 0.29) is 29.7 Å². The van der Waals surface area contributed by atoms with Gasteiger partial charge in [-0.1, -0.05) is 99.5 Å². The highest BCUT2D eigenvalue weighted by Gasteiger charge is 2.32. The second-order valence-corrected chi connectivity index (χ2v) is 14.3. The van der Waals surface area contributed by atoms with Crippen molar-refractivity contribution in [1.29, 1.82) is 0 Å². The lowest BCUT2D eigenvalue weighted by Gasteiger charge is -2.29. The first kappa shape index (κ1) is 42.6. The molecule has 2 N–H and O–H groups in total. The Labute approximate surface area is 308 Å². The second-order valence-electron chi connectivity index (χ2n) is 13.7. The van der Waals surface area contributed by atoms with Gasteiger partial charge in [0.05, 0.1) is 7.11 Å². The van der Waals surface area contributed by atoms with E-state index in [2.05, 4.69) is 10.6 Å². The number of anilines is 1. The predicted octanol–water partition coefficient (Wildman–Crippen LogP) is 8.03. The molecule has 1 heterocycles. The first-order valence-electron chi connectivity index (χ1n) is 17.1. The van der Waals surface area contributed by atoms with Crippen molar-refractivity contribution in [2.24, 2.45) is 11.3 Å². The van der Waals surface area contributed by atoms with Crippen LogP contribution < -0.4 is 15.5 Å². The van der Waals surface area contributed by atoms with Crippen LogP contribution in [0, 0.1) is 11.3 Å². The number of carbonyl (C=O) groups is 4. The highest BCUT2D eigenvalue weighted by molar-refractivity contribution is 6.29. The third kappa shape index (κ3) is 15.1. The van der Waals surface area contributed by atoms with Crippen molar-refractivity contribution in [2.75, 3.05) is 12.0 Å². The van der Waals surface area contributed by atoms with Gasteiger partial charge in [-0.3, -0.25) is 14.5 Å². The minimum Gasteiger partial charge on any atom is -0.490 e. The van der Waals surface area contributed by atoms with Crippen LogP contribution in [0.2, 0.25) is 0 Å². The fourth-order valence-corrected chi connectivity index (χ4v) is 5.25. The van der Waals surface area contributed by atoms with E-state index in [1.165, 1.54) is 19.4 Å². The molecule has 0 bridgehead atoms. The van der Waals surface area contributed by atoms with E-state index < -0.39 is 35.5 Å². The molecular weight excluding hydrogens is 670 g/mol. The molecular formula is C40H54ClN3O7. The van der Waals surface area contributed by atoms with Crippen LogP contribution in [0.3, 0.4) is 0 Å². The third-order valence-corrected chi connectivity index (χ3v) is 8.03. The number of para-hydroxylation sites is 1. The maximum atomic E-state index is 13.2. The summed E-state index contributed by atoms with van der Waals surface area (Å²) in [6, 6.07) is 8.33. The van der Waals surface area contributed by atoms with Gasteiger partial charge in [0.1, 0.15) is 18.2 Å². The molecule has 4 atom stereocenters. The van der Waals surface area contributed by atoms with Gasteiger partial charge in [0.2, 0.25) is 11.8 Å². The molecule has 1 aromatic carbocycles. The van der Waals surface area contributed by atoms with Crippen molar-refractivity contribution < 1.29 is 33.4 Å². The fourth-order valence-electron chi connectivity index (χ4n) is 5.17. The Morgan fingerprint density at radius 1 is 1.06 bits per heavy atom. The standard InChI is InChI=1S/C40H54ClN3O7/c1-27(2)44(31-17-11-10-12-18-31)39(48)50-32(22-21-30(5)41)19-15-25-42-37(46)36(40(6,7)8)43-35(45)20-14-13-16-28(3)26-29(4)33-23-24-34(49-9)38(47)51-33/h10-18,20-21,24-27,29,32-33,36H,19,22-23H2,1-9H3,(H,42,46)(H,43,45)/b16-13-,20-14-,25-15-,28-26+,30-21+/t29-,32?,33-,36+/m0/s1. The van der Waals surface area contributed by atoms with Crippen LogP contribution in [-0.2, 0) is 28.6 Å². The van der Waals surface area contributed by atoms with Gasteiger partial charge in [-0.05, 0) is 57.5 Å². The van der Waals surface area contributed by atoms with Crippen LogP contribution >= 0.6 is 11.6 Å². The van der Waals surface area contributed by atoms with E-state index in [9.17, 15) is 19.2 Å². The summed E-state index contributed by atoms with van der Waals surface area (Å²) in [6.07, 6.45) is 15.2. The average Bonchev–Trinajstić information content (AvgIpc) is 3.05. The van der Waals surface area contributed by atoms with Crippen molar-refractivity contribution >= 4 is 41.2 Å². The number of carbonyl (C=O) groups excluding carboxylic acids is 4. The number of methoxy groups -OCH3 is 1. The number of halogens is 1. The maximum absolute atomic E-state index is 13.2. The van der Waals surface area contributed by atoms with Crippen molar-refractivity contribution in [3.05, 3.63) is 102 Å². The number of nitrogens with zero attached hydrogens (tertiary/aromatic N) is 1.